The number of carbonyl (C=O) groups is 1. The highest BCUT2D eigenvalue weighted by molar-refractivity contribution is 5.68. The minimum Gasteiger partial charge on any atom is -0.481 e. The third-order valence-electron chi connectivity index (χ3n) is 2.39. The standard InChI is InChI=1S/C11H16N2O2/c1-11(2,3)8(6-10(14)15)9-4-5-12-7-13-9/h4-5,7-8H,6H2,1-3H3,(H,14,15). The summed E-state index contributed by atoms with van der Waals surface area (Å²) in [6.45, 7) is 6.05. The van der Waals surface area contributed by atoms with E-state index in [2.05, 4.69) is 9.97 Å². The molecule has 0 saturated heterocycles. The average Bonchev–Trinajstić information content (AvgIpc) is 2.14. The third-order valence-corrected chi connectivity index (χ3v) is 2.39. The maximum absolute atomic E-state index is 10.8. The number of aromatic nitrogens is 2. The number of rotatable bonds is 3. The van der Waals surface area contributed by atoms with E-state index in [1.54, 1.807) is 12.3 Å². The van der Waals surface area contributed by atoms with Crippen LogP contribution in [0, 0.1) is 5.41 Å². The fourth-order valence-electron chi connectivity index (χ4n) is 1.54. The molecule has 1 heterocycles. The molecule has 0 aliphatic heterocycles. The van der Waals surface area contributed by atoms with Gasteiger partial charge in [0.2, 0.25) is 0 Å². The molecule has 0 fully saturated rings. The Hall–Kier alpha value is -1.45. The van der Waals surface area contributed by atoms with Crippen LogP contribution < -0.4 is 0 Å². The first-order valence-electron chi connectivity index (χ1n) is 4.89. The van der Waals surface area contributed by atoms with E-state index in [9.17, 15) is 4.79 Å². The van der Waals surface area contributed by atoms with Gasteiger partial charge in [-0.25, -0.2) is 9.97 Å². The largest absolute Gasteiger partial charge is 0.481 e. The minimum atomic E-state index is -0.798. The molecule has 0 aliphatic rings. The Bertz CT molecular complexity index is 330. The Labute approximate surface area is 89.4 Å². The third kappa shape index (κ3) is 3.31. The Morgan fingerprint density at radius 1 is 1.53 bits per heavy atom. The summed E-state index contributed by atoms with van der Waals surface area (Å²) in [5.74, 6) is -0.883. The van der Waals surface area contributed by atoms with Crippen molar-refractivity contribution in [2.45, 2.75) is 33.1 Å². The summed E-state index contributed by atoms with van der Waals surface area (Å²) < 4.78 is 0. The van der Waals surface area contributed by atoms with Crippen LogP contribution in [0.4, 0.5) is 0 Å². The average molecular weight is 208 g/mol. The Morgan fingerprint density at radius 3 is 2.60 bits per heavy atom. The molecule has 0 bridgehead atoms. The van der Waals surface area contributed by atoms with Crippen molar-refractivity contribution in [1.82, 2.24) is 9.97 Å². The molecule has 1 aromatic heterocycles. The van der Waals surface area contributed by atoms with Crippen molar-refractivity contribution in [3.05, 3.63) is 24.3 Å². The molecular weight excluding hydrogens is 192 g/mol. The van der Waals surface area contributed by atoms with Gasteiger partial charge in [0.25, 0.3) is 0 Å². The van der Waals surface area contributed by atoms with Crippen LogP contribution in [0.5, 0.6) is 0 Å². The summed E-state index contributed by atoms with van der Waals surface area (Å²) in [5.41, 5.74) is 0.673. The van der Waals surface area contributed by atoms with Gasteiger partial charge >= 0.3 is 5.97 Å². The fraction of sp³-hybridized carbons (Fsp3) is 0.545. The molecule has 1 N–H and O–H groups in total. The monoisotopic (exact) mass is 208 g/mol. The zero-order chi connectivity index (χ0) is 11.5. The summed E-state index contributed by atoms with van der Waals surface area (Å²) in [6.07, 6.45) is 3.19. The van der Waals surface area contributed by atoms with E-state index in [0.717, 1.165) is 5.69 Å². The van der Waals surface area contributed by atoms with Crippen molar-refractivity contribution in [1.29, 1.82) is 0 Å². The van der Waals surface area contributed by atoms with Crippen molar-refractivity contribution in [3.63, 3.8) is 0 Å². The Kier molecular flexibility index (Phi) is 3.39. The second-order valence-corrected chi connectivity index (χ2v) is 4.65. The summed E-state index contributed by atoms with van der Waals surface area (Å²) in [7, 11) is 0. The van der Waals surface area contributed by atoms with Crippen LogP contribution in [-0.4, -0.2) is 21.0 Å². The van der Waals surface area contributed by atoms with Crippen LogP contribution in [0.15, 0.2) is 18.6 Å². The van der Waals surface area contributed by atoms with E-state index < -0.39 is 5.97 Å². The van der Waals surface area contributed by atoms with Crippen LogP contribution in [0.2, 0.25) is 0 Å². The van der Waals surface area contributed by atoms with Crippen molar-refractivity contribution in [2.75, 3.05) is 0 Å². The molecule has 1 atom stereocenters. The molecule has 1 aromatic rings. The predicted molar refractivity (Wildman–Crippen MR) is 56.5 cm³/mol. The van der Waals surface area contributed by atoms with Gasteiger partial charge in [-0.15, -0.1) is 0 Å². The quantitative estimate of drug-likeness (QED) is 0.826. The summed E-state index contributed by atoms with van der Waals surface area (Å²) in [4.78, 5) is 18.7. The van der Waals surface area contributed by atoms with Gasteiger partial charge in [0.15, 0.2) is 0 Å². The van der Waals surface area contributed by atoms with Gasteiger partial charge in [0, 0.05) is 17.8 Å². The first kappa shape index (κ1) is 11.6. The lowest BCUT2D eigenvalue weighted by Crippen LogP contribution is -2.22. The lowest BCUT2D eigenvalue weighted by Gasteiger charge is -2.28. The van der Waals surface area contributed by atoms with Gasteiger partial charge in [-0.2, -0.15) is 0 Å². The molecule has 0 spiro atoms. The number of aliphatic carboxylic acids is 1. The molecule has 15 heavy (non-hydrogen) atoms. The highest BCUT2D eigenvalue weighted by Crippen LogP contribution is 2.36. The molecule has 4 nitrogen and oxygen atoms in total. The first-order valence-corrected chi connectivity index (χ1v) is 4.89. The molecule has 1 unspecified atom stereocenters. The molecule has 0 saturated carbocycles. The number of hydrogen-bond donors (Lipinski definition) is 1. The smallest absolute Gasteiger partial charge is 0.304 e. The lowest BCUT2D eigenvalue weighted by atomic mass is 9.77. The van der Waals surface area contributed by atoms with E-state index in [-0.39, 0.29) is 17.8 Å². The molecule has 0 amide bonds. The van der Waals surface area contributed by atoms with Crippen molar-refractivity contribution >= 4 is 5.97 Å². The van der Waals surface area contributed by atoms with Crippen molar-refractivity contribution < 1.29 is 9.90 Å². The van der Waals surface area contributed by atoms with E-state index >= 15 is 0 Å². The van der Waals surface area contributed by atoms with Crippen LogP contribution in [0.1, 0.15) is 38.8 Å². The highest BCUT2D eigenvalue weighted by atomic mass is 16.4. The topological polar surface area (TPSA) is 63.1 Å². The van der Waals surface area contributed by atoms with Crippen LogP contribution in [-0.2, 0) is 4.79 Å². The van der Waals surface area contributed by atoms with Crippen molar-refractivity contribution in [3.8, 4) is 0 Å². The first-order chi connectivity index (χ1) is 6.91. The minimum absolute atomic E-state index is 0.0852. The normalized spacial score (nSPS) is 13.5. The Morgan fingerprint density at radius 2 is 2.20 bits per heavy atom. The zero-order valence-electron chi connectivity index (χ0n) is 9.27. The van der Waals surface area contributed by atoms with E-state index in [1.807, 2.05) is 20.8 Å². The van der Waals surface area contributed by atoms with E-state index in [1.165, 1.54) is 6.33 Å². The SMILES string of the molecule is CC(C)(C)C(CC(=O)O)c1ccncn1. The molecule has 82 valence electrons. The molecular formula is C11H16N2O2. The number of hydrogen-bond acceptors (Lipinski definition) is 3. The second-order valence-electron chi connectivity index (χ2n) is 4.65. The van der Waals surface area contributed by atoms with E-state index in [4.69, 9.17) is 5.11 Å². The summed E-state index contributed by atoms with van der Waals surface area (Å²) >= 11 is 0. The maximum atomic E-state index is 10.8. The molecule has 0 aliphatic carbocycles. The van der Waals surface area contributed by atoms with Gasteiger partial charge in [-0.3, -0.25) is 4.79 Å². The van der Waals surface area contributed by atoms with Gasteiger partial charge in [0.05, 0.1) is 6.42 Å². The van der Waals surface area contributed by atoms with Gasteiger partial charge in [-0.1, -0.05) is 20.8 Å². The number of carboxylic acids is 1. The van der Waals surface area contributed by atoms with Crippen LogP contribution >= 0.6 is 0 Å². The summed E-state index contributed by atoms with van der Waals surface area (Å²) in [5, 5.41) is 8.87. The molecule has 4 heteroatoms. The lowest BCUT2D eigenvalue weighted by molar-refractivity contribution is -0.138. The second kappa shape index (κ2) is 4.38. The maximum Gasteiger partial charge on any atom is 0.304 e. The molecule has 1 rings (SSSR count). The van der Waals surface area contributed by atoms with Crippen molar-refractivity contribution in [2.24, 2.45) is 5.41 Å². The Balaban J connectivity index is 2.97. The fourth-order valence-corrected chi connectivity index (χ4v) is 1.54. The van der Waals surface area contributed by atoms with Crippen LogP contribution in [0.3, 0.4) is 0 Å². The number of carboxylic acid groups (broad SMARTS) is 1. The number of nitrogens with zero attached hydrogens (tertiary/aromatic N) is 2. The van der Waals surface area contributed by atoms with Gasteiger partial charge in [0.1, 0.15) is 6.33 Å². The predicted octanol–water partition coefficient (Wildman–Crippen LogP) is 2.08. The molecule has 0 radical (unpaired) electrons. The van der Waals surface area contributed by atoms with Crippen LogP contribution in [0.25, 0.3) is 0 Å². The van der Waals surface area contributed by atoms with Gasteiger partial charge in [-0.05, 0) is 11.5 Å². The molecule has 0 aromatic carbocycles. The van der Waals surface area contributed by atoms with E-state index in [0.29, 0.717) is 0 Å². The summed E-state index contributed by atoms with van der Waals surface area (Å²) in [6, 6.07) is 1.78. The highest BCUT2D eigenvalue weighted by Gasteiger charge is 2.29. The zero-order valence-corrected chi connectivity index (χ0v) is 9.27. The van der Waals surface area contributed by atoms with Gasteiger partial charge < -0.3 is 5.11 Å².